The van der Waals surface area contributed by atoms with Crippen molar-refractivity contribution in [2.75, 3.05) is 19.7 Å². The molecule has 7 nitrogen and oxygen atoms in total. The van der Waals surface area contributed by atoms with Crippen molar-refractivity contribution in [2.24, 2.45) is 0 Å². The molecular weight excluding hydrogens is 436 g/mol. The van der Waals surface area contributed by atoms with Crippen LogP contribution < -0.4 is 10.1 Å². The highest BCUT2D eigenvalue weighted by molar-refractivity contribution is 7.13. The van der Waals surface area contributed by atoms with Crippen LogP contribution in [0.15, 0.2) is 54.2 Å². The second-order valence-electron chi connectivity index (χ2n) is 8.01. The van der Waals surface area contributed by atoms with Gasteiger partial charge >= 0.3 is 0 Å². The Labute approximate surface area is 197 Å². The van der Waals surface area contributed by atoms with Crippen molar-refractivity contribution < 1.29 is 14.3 Å². The molecule has 172 valence electrons. The molecule has 0 bridgehead atoms. The van der Waals surface area contributed by atoms with Crippen LogP contribution in [0.4, 0.5) is 0 Å². The Morgan fingerprint density at radius 3 is 2.76 bits per heavy atom. The maximum Gasteiger partial charge on any atom is 0.260 e. The van der Waals surface area contributed by atoms with Crippen LogP contribution in [0.1, 0.15) is 43.5 Å². The van der Waals surface area contributed by atoms with Crippen LogP contribution in [0.2, 0.25) is 0 Å². The van der Waals surface area contributed by atoms with Crippen molar-refractivity contribution in [3.63, 3.8) is 0 Å². The van der Waals surface area contributed by atoms with Crippen molar-refractivity contribution >= 4 is 23.2 Å². The molecule has 1 unspecified atom stereocenters. The highest BCUT2D eigenvalue weighted by Crippen LogP contribution is 2.28. The molecule has 1 fully saturated rings. The van der Waals surface area contributed by atoms with Crippen molar-refractivity contribution in [1.29, 1.82) is 0 Å². The average Bonchev–Trinajstić information content (AvgIpc) is 3.55. The van der Waals surface area contributed by atoms with Gasteiger partial charge in [0.15, 0.2) is 6.61 Å². The van der Waals surface area contributed by atoms with Crippen molar-refractivity contribution in [3.8, 4) is 16.3 Å². The predicted molar refractivity (Wildman–Crippen MR) is 128 cm³/mol. The predicted octanol–water partition coefficient (Wildman–Crippen LogP) is 4.02. The molecule has 0 spiro atoms. The number of benzene rings is 1. The molecule has 0 aliphatic carbocycles. The molecule has 2 amide bonds. The summed E-state index contributed by atoms with van der Waals surface area (Å²) in [5.74, 6) is 0.532. The number of hydrogen-bond acceptors (Lipinski definition) is 6. The Balaban J connectivity index is 1.38. The number of hydrogen-bond donors (Lipinski definition) is 1. The third kappa shape index (κ3) is 5.96. The summed E-state index contributed by atoms with van der Waals surface area (Å²) in [5, 5.41) is 5.85. The van der Waals surface area contributed by atoms with E-state index in [0.717, 1.165) is 47.8 Å². The highest BCUT2D eigenvalue weighted by atomic mass is 32.1. The summed E-state index contributed by atoms with van der Waals surface area (Å²) in [5.41, 5.74) is 2.54. The monoisotopic (exact) mass is 464 g/mol. The summed E-state index contributed by atoms with van der Waals surface area (Å²) >= 11 is 1.50. The van der Waals surface area contributed by atoms with Crippen molar-refractivity contribution in [2.45, 2.75) is 38.6 Å². The molecule has 0 radical (unpaired) electrons. The van der Waals surface area contributed by atoms with Gasteiger partial charge in [0.1, 0.15) is 10.8 Å². The van der Waals surface area contributed by atoms with Crippen LogP contribution in [0.3, 0.4) is 0 Å². The number of para-hydroxylation sites is 1. The number of rotatable bonds is 9. The third-order valence-electron chi connectivity index (χ3n) is 5.65. The van der Waals surface area contributed by atoms with Gasteiger partial charge in [-0.1, -0.05) is 25.1 Å². The second-order valence-corrected chi connectivity index (χ2v) is 8.86. The lowest BCUT2D eigenvalue weighted by molar-refractivity contribution is -0.132. The zero-order valence-corrected chi connectivity index (χ0v) is 19.5. The topological polar surface area (TPSA) is 84.4 Å². The minimum Gasteiger partial charge on any atom is -0.483 e. The molecule has 0 saturated carbocycles. The average molecular weight is 465 g/mol. The van der Waals surface area contributed by atoms with Crippen LogP contribution in [0, 0.1) is 0 Å². The van der Waals surface area contributed by atoms with E-state index in [-0.39, 0.29) is 30.9 Å². The fourth-order valence-electron chi connectivity index (χ4n) is 3.92. The van der Waals surface area contributed by atoms with Gasteiger partial charge in [-0.3, -0.25) is 14.6 Å². The number of thiazole rings is 1. The van der Waals surface area contributed by atoms with Crippen LogP contribution in [0.5, 0.6) is 5.75 Å². The first-order valence-corrected chi connectivity index (χ1v) is 12.2. The number of pyridine rings is 1. The third-order valence-corrected chi connectivity index (χ3v) is 6.59. The number of amides is 2. The van der Waals surface area contributed by atoms with Gasteiger partial charge in [0, 0.05) is 42.0 Å². The minimum absolute atomic E-state index is 0.00680. The van der Waals surface area contributed by atoms with Gasteiger partial charge in [0.05, 0.1) is 18.2 Å². The molecule has 1 aliphatic rings. The van der Waals surface area contributed by atoms with Gasteiger partial charge in [-0.25, -0.2) is 4.98 Å². The SMILES string of the molecule is CCC(NC(=O)Cc1csc(-c2cccnc2)n1)c1ccccc1OCC(=O)N1CCCC1. The molecule has 8 heteroatoms. The normalized spacial score (nSPS) is 14.2. The Morgan fingerprint density at radius 1 is 1.18 bits per heavy atom. The van der Waals surface area contributed by atoms with E-state index in [1.54, 1.807) is 12.4 Å². The fourth-order valence-corrected chi connectivity index (χ4v) is 4.73. The molecule has 2 aromatic heterocycles. The summed E-state index contributed by atoms with van der Waals surface area (Å²) in [4.78, 5) is 35.7. The smallest absolute Gasteiger partial charge is 0.260 e. The van der Waals surface area contributed by atoms with E-state index in [9.17, 15) is 9.59 Å². The number of ether oxygens (including phenoxy) is 1. The molecule has 1 aromatic carbocycles. The molecule has 1 saturated heterocycles. The maximum atomic E-state index is 12.8. The largest absolute Gasteiger partial charge is 0.483 e. The summed E-state index contributed by atoms with van der Waals surface area (Å²) in [7, 11) is 0. The molecule has 1 N–H and O–H groups in total. The maximum absolute atomic E-state index is 12.8. The first-order chi connectivity index (χ1) is 16.1. The number of aromatic nitrogens is 2. The van der Waals surface area contributed by atoms with Crippen LogP contribution in [0.25, 0.3) is 10.6 Å². The van der Waals surface area contributed by atoms with E-state index in [4.69, 9.17) is 4.74 Å². The fraction of sp³-hybridized carbons (Fsp3) is 0.360. The second kappa shape index (κ2) is 11.0. The summed E-state index contributed by atoms with van der Waals surface area (Å²) in [6.07, 6.45) is 6.49. The van der Waals surface area contributed by atoms with E-state index in [1.807, 2.05) is 53.6 Å². The lowest BCUT2D eigenvalue weighted by atomic mass is 10.0. The molecule has 1 aliphatic heterocycles. The first-order valence-electron chi connectivity index (χ1n) is 11.3. The highest BCUT2D eigenvalue weighted by Gasteiger charge is 2.21. The lowest BCUT2D eigenvalue weighted by Gasteiger charge is -2.21. The number of likely N-dealkylation sites (tertiary alicyclic amines) is 1. The van der Waals surface area contributed by atoms with Gasteiger partial charge < -0.3 is 15.0 Å². The van der Waals surface area contributed by atoms with Gasteiger partial charge in [-0.15, -0.1) is 11.3 Å². The van der Waals surface area contributed by atoms with Crippen molar-refractivity contribution in [3.05, 3.63) is 65.4 Å². The number of nitrogens with one attached hydrogen (secondary N) is 1. The molecule has 3 aromatic rings. The standard InChI is InChI=1S/C25H28N4O3S/c1-2-21(20-9-3-4-10-22(20)32-16-24(31)29-12-5-6-13-29)28-23(30)14-19-17-33-25(27-19)18-8-7-11-26-15-18/h3-4,7-11,15,17,21H,2,5-6,12-14,16H2,1H3,(H,28,30). The summed E-state index contributed by atoms with van der Waals surface area (Å²) < 4.78 is 5.89. The summed E-state index contributed by atoms with van der Waals surface area (Å²) in [6.45, 7) is 3.63. The van der Waals surface area contributed by atoms with E-state index in [2.05, 4.69) is 15.3 Å². The summed E-state index contributed by atoms with van der Waals surface area (Å²) in [6, 6.07) is 11.2. The van der Waals surface area contributed by atoms with Crippen LogP contribution in [-0.2, 0) is 16.0 Å². The minimum atomic E-state index is -0.216. The number of carbonyl (C=O) groups is 2. The number of nitrogens with zero attached hydrogens (tertiary/aromatic N) is 3. The van der Waals surface area contributed by atoms with Crippen LogP contribution in [-0.4, -0.2) is 46.4 Å². The molecule has 3 heterocycles. The van der Waals surface area contributed by atoms with Gasteiger partial charge in [0.2, 0.25) is 5.91 Å². The van der Waals surface area contributed by atoms with Gasteiger partial charge in [-0.2, -0.15) is 0 Å². The van der Waals surface area contributed by atoms with E-state index < -0.39 is 0 Å². The Kier molecular flexibility index (Phi) is 7.67. The van der Waals surface area contributed by atoms with E-state index in [0.29, 0.717) is 12.2 Å². The number of carbonyl (C=O) groups excluding carboxylic acids is 2. The van der Waals surface area contributed by atoms with Crippen LogP contribution >= 0.6 is 11.3 Å². The van der Waals surface area contributed by atoms with Gasteiger partial charge in [0.25, 0.3) is 5.91 Å². The zero-order chi connectivity index (χ0) is 23.0. The molecular formula is C25H28N4O3S. The van der Waals surface area contributed by atoms with E-state index in [1.165, 1.54) is 11.3 Å². The van der Waals surface area contributed by atoms with E-state index >= 15 is 0 Å². The zero-order valence-electron chi connectivity index (χ0n) is 18.7. The quantitative estimate of drug-likeness (QED) is 0.517. The molecule has 33 heavy (non-hydrogen) atoms. The molecule has 1 atom stereocenters. The Morgan fingerprint density at radius 2 is 2.00 bits per heavy atom. The Hall–Kier alpha value is -3.26. The Bertz CT molecular complexity index is 1080. The van der Waals surface area contributed by atoms with Crippen molar-refractivity contribution in [1.82, 2.24) is 20.2 Å². The molecule has 4 rings (SSSR count). The first kappa shape index (κ1) is 22.9. The van der Waals surface area contributed by atoms with Gasteiger partial charge in [-0.05, 0) is 37.5 Å². The lowest BCUT2D eigenvalue weighted by Crippen LogP contribution is -2.33.